The highest BCUT2D eigenvalue weighted by molar-refractivity contribution is 5.70. The molecule has 0 spiro atoms. The maximum atomic E-state index is 12.0. The van der Waals surface area contributed by atoms with Crippen molar-refractivity contribution in [2.75, 3.05) is 27.7 Å². The first-order chi connectivity index (χ1) is 14.5. The molecule has 0 heterocycles. The lowest BCUT2D eigenvalue weighted by Crippen LogP contribution is -2.45. The highest BCUT2D eigenvalue weighted by Gasteiger charge is 2.22. The van der Waals surface area contributed by atoms with E-state index in [4.69, 9.17) is 9.84 Å². The number of hydrogen-bond donors (Lipinski definition) is 2. The second-order valence-electron chi connectivity index (χ2n) is 9.47. The number of carbonyl (C=O) groups excluding carboxylic acids is 2. The highest BCUT2D eigenvalue weighted by Crippen LogP contribution is 2.14. The molecule has 0 radical (unpaired) electrons. The van der Waals surface area contributed by atoms with Gasteiger partial charge in [0, 0.05) is 25.2 Å². The molecule has 0 saturated heterocycles. The second-order valence-corrected chi connectivity index (χ2v) is 9.47. The standard InChI is InChI=1S/C23H43NO7/c1-24(2,3)18-20(17-22(28)29)31-23(30)16-12-14-19(25)13-10-8-6-4-5-7-9-11-15-21(26)27/h19-20,25H,4-18H2,1-3H3,(H-,26,27,28,29). The minimum absolute atomic E-state index is 0.166. The van der Waals surface area contributed by atoms with E-state index in [0.717, 1.165) is 51.4 Å². The van der Waals surface area contributed by atoms with Crippen LogP contribution in [0.15, 0.2) is 0 Å². The summed E-state index contributed by atoms with van der Waals surface area (Å²) in [4.78, 5) is 33.3. The molecule has 2 atom stereocenters. The van der Waals surface area contributed by atoms with Gasteiger partial charge in [-0.05, 0) is 25.7 Å². The minimum Gasteiger partial charge on any atom is -0.550 e. The summed E-state index contributed by atoms with van der Waals surface area (Å²) in [6.45, 7) is 0.394. The Morgan fingerprint density at radius 2 is 1.35 bits per heavy atom. The molecule has 31 heavy (non-hydrogen) atoms. The van der Waals surface area contributed by atoms with Gasteiger partial charge in [0.25, 0.3) is 0 Å². The first-order valence-electron chi connectivity index (χ1n) is 11.6. The lowest BCUT2D eigenvalue weighted by Gasteiger charge is -2.29. The SMILES string of the molecule is C[N+](C)(C)CC(CC(=O)[O-])OC(=O)CCCC(O)CCCCCCCCCCC(=O)O. The van der Waals surface area contributed by atoms with Gasteiger partial charge in [-0.25, -0.2) is 0 Å². The summed E-state index contributed by atoms with van der Waals surface area (Å²) in [5.74, 6) is -2.40. The number of rotatable bonds is 20. The summed E-state index contributed by atoms with van der Waals surface area (Å²) >= 11 is 0. The van der Waals surface area contributed by atoms with Gasteiger partial charge >= 0.3 is 11.9 Å². The maximum absolute atomic E-state index is 12.0. The first-order valence-corrected chi connectivity index (χ1v) is 11.6. The molecule has 0 aromatic heterocycles. The Balaban J connectivity index is 3.76. The largest absolute Gasteiger partial charge is 0.550 e. The Bertz CT molecular complexity index is 517. The van der Waals surface area contributed by atoms with Gasteiger partial charge in [-0.2, -0.15) is 0 Å². The molecule has 0 aliphatic carbocycles. The van der Waals surface area contributed by atoms with Crippen LogP contribution in [0.3, 0.4) is 0 Å². The summed E-state index contributed by atoms with van der Waals surface area (Å²) in [5.41, 5.74) is 0. The molecular weight excluding hydrogens is 402 g/mol. The van der Waals surface area contributed by atoms with E-state index in [1.54, 1.807) is 0 Å². The van der Waals surface area contributed by atoms with Crippen LogP contribution in [0.1, 0.15) is 89.9 Å². The van der Waals surface area contributed by atoms with Gasteiger partial charge in [-0.15, -0.1) is 0 Å². The second kappa shape index (κ2) is 17.0. The van der Waals surface area contributed by atoms with Gasteiger partial charge in [-0.1, -0.05) is 44.9 Å². The van der Waals surface area contributed by atoms with E-state index >= 15 is 0 Å². The molecule has 0 aliphatic rings. The number of quaternary nitrogens is 1. The third-order valence-electron chi connectivity index (χ3n) is 5.04. The summed E-state index contributed by atoms with van der Waals surface area (Å²) in [6, 6.07) is 0. The van der Waals surface area contributed by atoms with E-state index in [1.165, 1.54) is 0 Å². The first kappa shape index (κ1) is 29.3. The number of likely N-dealkylation sites (N-methyl/N-ethyl adjacent to an activating group) is 1. The van der Waals surface area contributed by atoms with Gasteiger partial charge in [0.15, 0.2) is 6.10 Å². The van der Waals surface area contributed by atoms with Crippen molar-refractivity contribution >= 4 is 17.9 Å². The van der Waals surface area contributed by atoms with Gasteiger partial charge < -0.3 is 29.3 Å². The Kier molecular flexibility index (Phi) is 16.0. The minimum atomic E-state index is -1.24. The van der Waals surface area contributed by atoms with Crippen LogP contribution in [0.25, 0.3) is 0 Å². The number of aliphatic carboxylic acids is 2. The average molecular weight is 446 g/mol. The van der Waals surface area contributed by atoms with E-state index in [2.05, 4.69) is 0 Å². The number of unbranched alkanes of at least 4 members (excludes halogenated alkanes) is 7. The molecule has 0 saturated carbocycles. The van der Waals surface area contributed by atoms with Crippen molar-refractivity contribution < 1.29 is 38.9 Å². The molecule has 0 rings (SSSR count). The average Bonchev–Trinajstić information content (AvgIpc) is 2.60. The molecule has 8 heteroatoms. The number of esters is 1. The molecule has 2 unspecified atom stereocenters. The number of carboxylic acids is 2. The summed E-state index contributed by atoms with van der Waals surface area (Å²) in [5, 5.41) is 29.5. The number of ether oxygens (including phenoxy) is 1. The van der Waals surface area contributed by atoms with E-state index in [9.17, 15) is 24.6 Å². The molecule has 0 bridgehead atoms. The Labute approximate surface area is 187 Å². The predicted octanol–water partition coefficient (Wildman–Crippen LogP) is 2.26. The Hall–Kier alpha value is -1.67. The highest BCUT2D eigenvalue weighted by atomic mass is 16.5. The van der Waals surface area contributed by atoms with Crippen LogP contribution in [-0.4, -0.2) is 72.5 Å². The molecule has 0 aliphatic heterocycles. The van der Waals surface area contributed by atoms with E-state index < -0.39 is 30.1 Å². The zero-order valence-electron chi connectivity index (χ0n) is 19.6. The number of aliphatic hydroxyl groups is 1. The Morgan fingerprint density at radius 3 is 1.87 bits per heavy atom. The van der Waals surface area contributed by atoms with Crippen molar-refractivity contribution in [2.45, 2.75) is 102 Å². The van der Waals surface area contributed by atoms with Crippen LogP contribution in [0.4, 0.5) is 0 Å². The summed E-state index contributed by atoms with van der Waals surface area (Å²) in [6.07, 6.45) is 8.89. The zero-order valence-corrected chi connectivity index (χ0v) is 19.6. The van der Waals surface area contributed by atoms with Crippen molar-refractivity contribution in [3.8, 4) is 0 Å². The fourth-order valence-corrected chi connectivity index (χ4v) is 3.53. The van der Waals surface area contributed by atoms with E-state index in [-0.39, 0.29) is 19.3 Å². The lowest BCUT2D eigenvalue weighted by atomic mass is 10.0. The quantitative estimate of drug-likeness (QED) is 0.167. The number of hydrogen-bond acceptors (Lipinski definition) is 6. The van der Waals surface area contributed by atoms with Gasteiger partial charge in [0.2, 0.25) is 0 Å². The van der Waals surface area contributed by atoms with E-state index in [0.29, 0.717) is 30.3 Å². The molecule has 0 amide bonds. The monoisotopic (exact) mass is 445 g/mol. The van der Waals surface area contributed by atoms with Crippen molar-refractivity contribution in [3.63, 3.8) is 0 Å². The maximum Gasteiger partial charge on any atom is 0.306 e. The molecule has 0 aromatic rings. The molecule has 8 nitrogen and oxygen atoms in total. The number of carboxylic acid groups (broad SMARTS) is 2. The van der Waals surface area contributed by atoms with Crippen LogP contribution in [0, 0.1) is 0 Å². The van der Waals surface area contributed by atoms with Gasteiger partial charge in [0.1, 0.15) is 6.54 Å². The third kappa shape index (κ3) is 21.4. The smallest absolute Gasteiger partial charge is 0.306 e. The molecule has 2 N–H and O–H groups in total. The zero-order chi connectivity index (χ0) is 23.7. The molecular formula is C23H43NO7. The Morgan fingerprint density at radius 1 is 0.839 bits per heavy atom. The number of nitrogens with zero attached hydrogens (tertiary/aromatic N) is 1. The van der Waals surface area contributed by atoms with Crippen LogP contribution in [0.5, 0.6) is 0 Å². The fourth-order valence-electron chi connectivity index (χ4n) is 3.53. The van der Waals surface area contributed by atoms with Gasteiger partial charge in [0.05, 0.1) is 27.2 Å². The fraction of sp³-hybridized carbons (Fsp3) is 0.870. The van der Waals surface area contributed by atoms with Crippen molar-refractivity contribution in [1.29, 1.82) is 0 Å². The number of carbonyl (C=O) groups is 3. The lowest BCUT2D eigenvalue weighted by molar-refractivity contribution is -0.873. The third-order valence-corrected chi connectivity index (χ3v) is 5.04. The van der Waals surface area contributed by atoms with Crippen LogP contribution < -0.4 is 5.11 Å². The predicted molar refractivity (Wildman–Crippen MR) is 116 cm³/mol. The van der Waals surface area contributed by atoms with E-state index in [1.807, 2.05) is 21.1 Å². The molecule has 0 fully saturated rings. The van der Waals surface area contributed by atoms with Crippen LogP contribution in [0.2, 0.25) is 0 Å². The number of aliphatic hydroxyl groups excluding tert-OH is 1. The molecule has 0 aromatic carbocycles. The summed E-state index contributed by atoms with van der Waals surface area (Å²) < 4.78 is 5.79. The summed E-state index contributed by atoms with van der Waals surface area (Å²) in [7, 11) is 5.69. The van der Waals surface area contributed by atoms with Crippen LogP contribution in [-0.2, 0) is 19.1 Å². The van der Waals surface area contributed by atoms with Gasteiger partial charge in [-0.3, -0.25) is 9.59 Å². The molecule has 182 valence electrons. The van der Waals surface area contributed by atoms with Crippen molar-refractivity contribution in [3.05, 3.63) is 0 Å². The normalized spacial score (nSPS) is 13.5. The van der Waals surface area contributed by atoms with Crippen molar-refractivity contribution in [2.24, 2.45) is 0 Å². The van der Waals surface area contributed by atoms with Crippen LogP contribution >= 0.6 is 0 Å². The van der Waals surface area contributed by atoms with Crippen molar-refractivity contribution in [1.82, 2.24) is 0 Å². The topological polar surface area (TPSA) is 124 Å².